The van der Waals surface area contributed by atoms with E-state index < -0.39 is 0 Å². The lowest BCUT2D eigenvalue weighted by Gasteiger charge is -2.06. The molecule has 0 amide bonds. The average Bonchev–Trinajstić information content (AvgIpc) is 2.58. The molecular formula is C12H16ClN3. The highest BCUT2D eigenvalue weighted by Gasteiger charge is 2.14. The van der Waals surface area contributed by atoms with Gasteiger partial charge in [-0.1, -0.05) is 31.5 Å². The molecule has 2 aromatic heterocycles. The summed E-state index contributed by atoms with van der Waals surface area (Å²) in [6, 6.07) is 4.07. The molecule has 2 aromatic rings. The third kappa shape index (κ3) is 1.81. The second kappa shape index (κ2) is 4.44. The number of fused-ring (bicyclic) bond motifs is 1. The van der Waals surface area contributed by atoms with Crippen LogP contribution < -0.4 is 5.73 Å². The molecule has 2 heterocycles. The molecule has 0 aliphatic carbocycles. The highest BCUT2D eigenvalue weighted by Crippen LogP contribution is 2.25. The van der Waals surface area contributed by atoms with Crippen molar-refractivity contribution in [2.24, 2.45) is 5.73 Å². The van der Waals surface area contributed by atoms with Crippen molar-refractivity contribution in [2.75, 3.05) is 6.54 Å². The summed E-state index contributed by atoms with van der Waals surface area (Å²) in [6.45, 7) is 4.85. The van der Waals surface area contributed by atoms with Crippen LogP contribution in [0.25, 0.3) is 5.52 Å². The normalized spacial score (nSPS) is 11.6. The van der Waals surface area contributed by atoms with E-state index in [1.54, 1.807) is 0 Å². The lowest BCUT2D eigenvalue weighted by atomic mass is 10.1. The van der Waals surface area contributed by atoms with Crippen LogP contribution in [0, 0.1) is 0 Å². The quantitative estimate of drug-likeness (QED) is 0.892. The Hall–Kier alpha value is -1.06. The van der Waals surface area contributed by atoms with Gasteiger partial charge in [-0.3, -0.25) is 0 Å². The SMILES string of the molecule is CC(C)c1nc(Cl)c2c(CCN)cccn12. The van der Waals surface area contributed by atoms with Crippen molar-refractivity contribution in [3.8, 4) is 0 Å². The van der Waals surface area contributed by atoms with Crippen molar-refractivity contribution < 1.29 is 0 Å². The number of nitrogens with zero attached hydrogens (tertiary/aromatic N) is 2. The zero-order valence-corrected chi connectivity index (χ0v) is 10.3. The third-order valence-corrected chi connectivity index (χ3v) is 2.93. The van der Waals surface area contributed by atoms with Gasteiger partial charge in [0, 0.05) is 12.1 Å². The first kappa shape index (κ1) is 11.4. The van der Waals surface area contributed by atoms with E-state index in [2.05, 4.69) is 29.3 Å². The molecule has 0 bridgehead atoms. The molecule has 0 unspecified atom stereocenters. The maximum Gasteiger partial charge on any atom is 0.155 e. The van der Waals surface area contributed by atoms with Crippen LogP contribution in [-0.2, 0) is 6.42 Å². The Kier molecular flexibility index (Phi) is 3.17. The molecule has 86 valence electrons. The van der Waals surface area contributed by atoms with Crippen LogP contribution in [0.1, 0.15) is 31.2 Å². The summed E-state index contributed by atoms with van der Waals surface area (Å²) >= 11 is 6.19. The summed E-state index contributed by atoms with van der Waals surface area (Å²) in [4.78, 5) is 4.42. The minimum absolute atomic E-state index is 0.355. The number of nitrogens with two attached hydrogens (primary N) is 1. The van der Waals surface area contributed by atoms with Gasteiger partial charge in [-0.05, 0) is 24.6 Å². The number of rotatable bonds is 3. The van der Waals surface area contributed by atoms with E-state index in [-0.39, 0.29) is 0 Å². The first-order chi connectivity index (χ1) is 7.65. The molecule has 16 heavy (non-hydrogen) atoms. The number of halogens is 1. The summed E-state index contributed by atoms with van der Waals surface area (Å²) in [5.41, 5.74) is 7.76. The van der Waals surface area contributed by atoms with Crippen LogP contribution >= 0.6 is 11.6 Å². The van der Waals surface area contributed by atoms with Crippen LogP contribution in [0.15, 0.2) is 18.3 Å². The van der Waals surface area contributed by atoms with E-state index in [1.165, 1.54) is 0 Å². The average molecular weight is 238 g/mol. The van der Waals surface area contributed by atoms with E-state index in [9.17, 15) is 0 Å². The molecule has 3 nitrogen and oxygen atoms in total. The van der Waals surface area contributed by atoms with Gasteiger partial charge in [0.2, 0.25) is 0 Å². The maximum absolute atomic E-state index is 6.19. The van der Waals surface area contributed by atoms with Gasteiger partial charge in [-0.25, -0.2) is 4.98 Å². The standard InChI is InChI=1S/C12H16ClN3/c1-8(2)12-15-11(13)10-9(5-6-14)4-3-7-16(10)12/h3-4,7-8H,5-6,14H2,1-2H3. The molecule has 4 heteroatoms. The van der Waals surface area contributed by atoms with Crippen LogP contribution in [0.4, 0.5) is 0 Å². The zero-order valence-electron chi connectivity index (χ0n) is 9.57. The van der Waals surface area contributed by atoms with E-state index in [0.29, 0.717) is 17.6 Å². The van der Waals surface area contributed by atoms with Gasteiger partial charge in [0.15, 0.2) is 5.15 Å². The third-order valence-electron chi connectivity index (χ3n) is 2.66. The monoisotopic (exact) mass is 237 g/mol. The van der Waals surface area contributed by atoms with E-state index in [1.807, 2.05) is 12.3 Å². The van der Waals surface area contributed by atoms with Crippen molar-refractivity contribution in [3.05, 3.63) is 34.9 Å². The van der Waals surface area contributed by atoms with Crippen molar-refractivity contribution in [2.45, 2.75) is 26.2 Å². The first-order valence-electron chi connectivity index (χ1n) is 5.50. The van der Waals surface area contributed by atoms with Crippen molar-refractivity contribution >= 4 is 17.1 Å². The number of hydrogen-bond acceptors (Lipinski definition) is 2. The topological polar surface area (TPSA) is 43.3 Å². The highest BCUT2D eigenvalue weighted by atomic mass is 35.5. The minimum Gasteiger partial charge on any atom is -0.330 e. The Labute approximate surface area is 100 Å². The predicted molar refractivity (Wildman–Crippen MR) is 67.0 cm³/mol. The smallest absolute Gasteiger partial charge is 0.155 e. The van der Waals surface area contributed by atoms with E-state index >= 15 is 0 Å². The summed E-state index contributed by atoms with van der Waals surface area (Å²) in [7, 11) is 0. The molecule has 0 spiro atoms. The van der Waals surface area contributed by atoms with Crippen LogP contribution in [0.2, 0.25) is 5.15 Å². The maximum atomic E-state index is 6.19. The largest absolute Gasteiger partial charge is 0.330 e. The van der Waals surface area contributed by atoms with Gasteiger partial charge in [-0.2, -0.15) is 0 Å². The molecule has 2 N–H and O–H groups in total. The fourth-order valence-corrected chi connectivity index (χ4v) is 2.25. The molecule has 0 fully saturated rings. The Morgan fingerprint density at radius 3 is 2.88 bits per heavy atom. The van der Waals surface area contributed by atoms with Crippen LogP contribution in [0.5, 0.6) is 0 Å². The van der Waals surface area contributed by atoms with Crippen molar-refractivity contribution in [1.29, 1.82) is 0 Å². The van der Waals surface area contributed by atoms with Gasteiger partial charge >= 0.3 is 0 Å². The molecular weight excluding hydrogens is 222 g/mol. The van der Waals surface area contributed by atoms with E-state index in [0.717, 1.165) is 23.3 Å². The van der Waals surface area contributed by atoms with Gasteiger partial charge in [0.1, 0.15) is 5.82 Å². The van der Waals surface area contributed by atoms with Crippen LogP contribution in [0.3, 0.4) is 0 Å². The molecule has 0 aliphatic rings. The summed E-state index contributed by atoms with van der Waals surface area (Å²) < 4.78 is 2.07. The fourth-order valence-electron chi connectivity index (χ4n) is 1.95. The van der Waals surface area contributed by atoms with Gasteiger partial charge in [-0.15, -0.1) is 0 Å². The number of hydrogen-bond donors (Lipinski definition) is 1. The number of imidazole rings is 1. The van der Waals surface area contributed by atoms with Gasteiger partial charge in [0.25, 0.3) is 0 Å². The molecule has 2 rings (SSSR count). The van der Waals surface area contributed by atoms with E-state index in [4.69, 9.17) is 17.3 Å². The Morgan fingerprint density at radius 1 is 1.50 bits per heavy atom. The predicted octanol–water partition coefficient (Wildman–Crippen LogP) is 2.61. The van der Waals surface area contributed by atoms with Crippen LogP contribution in [-0.4, -0.2) is 15.9 Å². The lowest BCUT2D eigenvalue weighted by Crippen LogP contribution is -2.04. The van der Waals surface area contributed by atoms with Crippen molar-refractivity contribution in [3.63, 3.8) is 0 Å². The highest BCUT2D eigenvalue weighted by molar-refractivity contribution is 6.32. The Morgan fingerprint density at radius 2 is 2.25 bits per heavy atom. The Bertz CT molecular complexity index is 502. The Balaban J connectivity index is 2.69. The zero-order chi connectivity index (χ0) is 11.7. The lowest BCUT2D eigenvalue weighted by molar-refractivity contribution is 0.769. The molecule has 0 saturated heterocycles. The van der Waals surface area contributed by atoms with Gasteiger partial charge in [0.05, 0.1) is 5.52 Å². The summed E-state index contributed by atoms with van der Waals surface area (Å²) in [6.07, 6.45) is 2.83. The molecule has 0 saturated carbocycles. The second-order valence-corrected chi connectivity index (χ2v) is 4.56. The first-order valence-corrected chi connectivity index (χ1v) is 5.88. The molecule has 0 radical (unpaired) electrons. The molecule has 0 aromatic carbocycles. The minimum atomic E-state index is 0.355. The van der Waals surface area contributed by atoms with Crippen molar-refractivity contribution in [1.82, 2.24) is 9.38 Å². The molecule has 0 aliphatic heterocycles. The summed E-state index contributed by atoms with van der Waals surface area (Å²) in [5.74, 6) is 1.35. The number of pyridine rings is 1. The summed E-state index contributed by atoms with van der Waals surface area (Å²) in [5, 5.41) is 0.577. The van der Waals surface area contributed by atoms with Gasteiger partial charge < -0.3 is 10.1 Å². The number of aromatic nitrogens is 2. The fraction of sp³-hybridized carbons (Fsp3) is 0.417. The molecule has 0 atom stereocenters. The second-order valence-electron chi connectivity index (χ2n) is 4.21.